The highest BCUT2D eigenvalue weighted by molar-refractivity contribution is 7.92. The quantitative estimate of drug-likeness (QED) is 0.190. The lowest BCUT2D eigenvalue weighted by Crippen LogP contribution is -2.38. The smallest absolute Gasteiger partial charge is 0.411 e. The predicted molar refractivity (Wildman–Crippen MR) is 180 cm³/mol. The summed E-state index contributed by atoms with van der Waals surface area (Å²) in [5, 5.41) is 17.0. The molecule has 2 atom stereocenters. The van der Waals surface area contributed by atoms with Gasteiger partial charge in [-0.3, -0.25) is 29.5 Å². The van der Waals surface area contributed by atoms with Crippen molar-refractivity contribution in [2.24, 2.45) is 0 Å². The van der Waals surface area contributed by atoms with Gasteiger partial charge in [0, 0.05) is 25.0 Å². The molecule has 2 heterocycles. The zero-order chi connectivity index (χ0) is 34.9. The summed E-state index contributed by atoms with van der Waals surface area (Å²) in [7, 11) is 0.475. The Hall–Kier alpha value is -5.31. The van der Waals surface area contributed by atoms with Crippen molar-refractivity contribution in [3.8, 4) is 11.5 Å². The van der Waals surface area contributed by atoms with Gasteiger partial charge >= 0.3 is 6.09 Å². The number of H-pyrrole nitrogens is 2. The van der Waals surface area contributed by atoms with E-state index < -0.39 is 50.3 Å². The Bertz CT molecular complexity index is 2110. The molecule has 2 amide bonds. The van der Waals surface area contributed by atoms with Crippen molar-refractivity contribution in [1.29, 1.82) is 0 Å². The SMILES string of the molecule is COc1ccc([C@@H](Nc2ccc3c(=O)[nH][nH]c(=O)c3c2)C(=O)N2CCC[C@@H]2c2cc(N(C)C(=O)O)ccc2S(=O)(=O)C(C)C)cc1OC. The Morgan fingerprint density at radius 2 is 1.65 bits per heavy atom. The van der Waals surface area contributed by atoms with E-state index in [0.717, 1.165) is 4.90 Å². The summed E-state index contributed by atoms with van der Waals surface area (Å²) < 4.78 is 38.0. The first kappa shape index (κ1) is 34.0. The van der Waals surface area contributed by atoms with Crippen LogP contribution in [0.1, 0.15) is 49.9 Å². The highest BCUT2D eigenvalue weighted by Gasteiger charge is 2.38. The van der Waals surface area contributed by atoms with E-state index in [1.54, 1.807) is 43.0 Å². The number of aromatic nitrogens is 2. The van der Waals surface area contributed by atoms with Crippen LogP contribution in [0.2, 0.25) is 0 Å². The zero-order valence-electron chi connectivity index (χ0n) is 27.1. The summed E-state index contributed by atoms with van der Waals surface area (Å²) in [4.78, 5) is 54.0. The van der Waals surface area contributed by atoms with Gasteiger partial charge in [0.05, 0.1) is 41.2 Å². The zero-order valence-corrected chi connectivity index (χ0v) is 27.9. The molecular weight excluding hydrogens is 642 g/mol. The first-order valence-corrected chi connectivity index (χ1v) is 16.7. The molecule has 0 aliphatic carbocycles. The minimum atomic E-state index is -3.83. The minimum absolute atomic E-state index is 0.0272. The molecule has 14 nitrogen and oxygen atoms in total. The van der Waals surface area contributed by atoms with Crippen LogP contribution in [0.4, 0.5) is 16.2 Å². The Kier molecular flexibility index (Phi) is 9.52. The van der Waals surface area contributed by atoms with Gasteiger partial charge in [-0.2, -0.15) is 0 Å². The lowest BCUT2D eigenvalue weighted by molar-refractivity contribution is -0.133. The summed E-state index contributed by atoms with van der Waals surface area (Å²) in [5.74, 6) is 0.393. The number of amides is 2. The minimum Gasteiger partial charge on any atom is -0.493 e. The van der Waals surface area contributed by atoms with E-state index in [4.69, 9.17) is 9.47 Å². The molecule has 4 N–H and O–H groups in total. The van der Waals surface area contributed by atoms with E-state index in [1.807, 2.05) is 0 Å². The van der Waals surface area contributed by atoms with Crippen molar-refractivity contribution in [2.45, 2.75) is 48.9 Å². The number of hydrogen-bond donors (Lipinski definition) is 4. The predicted octanol–water partition coefficient (Wildman–Crippen LogP) is 4.05. The number of methoxy groups -OCH3 is 2. The van der Waals surface area contributed by atoms with Gasteiger partial charge in [-0.05, 0) is 86.3 Å². The highest BCUT2D eigenvalue weighted by atomic mass is 32.2. The molecule has 0 bridgehead atoms. The van der Waals surface area contributed by atoms with Crippen molar-refractivity contribution < 1.29 is 32.6 Å². The van der Waals surface area contributed by atoms with E-state index in [-0.39, 0.29) is 21.4 Å². The lowest BCUT2D eigenvalue weighted by atomic mass is 10.00. The number of carboxylic acid groups (broad SMARTS) is 1. The fraction of sp³-hybridized carbons (Fsp3) is 0.333. The maximum absolute atomic E-state index is 14.7. The second-order valence-corrected chi connectivity index (χ2v) is 14.2. The third-order valence-electron chi connectivity index (χ3n) is 8.59. The molecule has 1 fully saturated rings. The van der Waals surface area contributed by atoms with E-state index in [1.165, 1.54) is 51.6 Å². The number of nitrogens with one attached hydrogen (secondary N) is 3. The van der Waals surface area contributed by atoms with E-state index >= 15 is 0 Å². The molecule has 48 heavy (non-hydrogen) atoms. The molecule has 0 spiro atoms. The van der Waals surface area contributed by atoms with Crippen LogP contribution in [0.25, 0.3) is 10.8 Å². The second kappa shape index (κ2) is 13.4. The lowest BCUT2D eigenvalue weighted by Gasteiger charge is -2.32. The number of anilines is 2. The van der Waals surface area contributed by atoms with Crippen LogP contribution in [-0.4, -0.2) is 73.7 Å². The Morgan fingerprint density at radius 3 is 2.29 bits per heavy atom. The average molecular weight is 680 g/mol. The van der Waals surface area contributed by atoms with Crippen molar-refractivity contribution in [2.75, 3.05) is 38.0 Å². The van der Waals surface area contributed by atoms with Crippen LogP contribution < -0.4 is 30.8 Å². The molecule has 4 aromatic rings. The van der Waals surface area contributed by atoms with Gasteiger partial charge in [0.2, 0.25) is 5.91 Å². The number of fused-ring (bicyclic) bond motifs is 1. The van der Waals surface area contributed by atoms with Gasteiger partial charge in [0.25, 0.3) is 11.1 Å². The van der Waals surface area contributed by atoms with Crippen molar-refractivity contribution in [1.82, 2.24) is 15.1 Å². The van der Waals surface area contributed by atoms with Gasteiger partial charge in [-0.25, -0.2) is 13.2 Å². The van der Waals surface area contributed by atoms with Crippen LogP contribution in [0.3, 0.4) is 0 Å². The summed E-state index contributed by atoms with van der Waals surface area (Å²) in [5.41, 5.74) is 0.430. The summed E-state index contributed by atoms with van der Waals surface area (Å²) in [6.45, 7) is 3.42. The normalized spacial score (nSPS) is 15.4. The van der Waals surface area contributed by atoms with Crippen molar-refractivity contribution in [3.05, 3.63) is 86.4 Å². The molecule has 254 valence electrons. The fourth-order valence-corrected chi connectivity index (χ4v) is 7.19. The Balaban J connectivity index is 1.64. The van der Waals surface area contributed by atoms with Crippen LogP contribution >= 0.6 is 0 Å². The standard InChI is InChI=1S/C33H37N5O9S/c1-18(2)48(44,45)28-13-10-21(37(3)33(42)43)17-24(28)25-7-6-14-38(25)32(41)29(19-8-12-26(46-4)27(15-19)47-5)34-20-9-11-22-23(16-20)31(40)36-35-30(22)39/h8-13,15-18,25,29,34H,6-7,14H2,1-5H3,(H,35,39)(H,36,40)(H,42,43)/t25-,29-/m1/s1. The number of hydrogen-bond acceptors (Lipinski definition) is 9. The molecule has 0 unspecified atom stereocenters. The number of benzene rings is 3. The second-order valence-electron chi connectivity index (χ2n) is 11.7. The largest absolute Gasteiger partial charge is 0.493 e. The number of sulfone groups is 1. The van der Waals surface area contributed by atoms with Crippen LogP contribution in [-0.2, 0) is 14.6 Å². The molecule has 5 rings (SSSR count). The number of rotatable bonds is 10. The molecule has 1 aliphatic rings. The van der Waals surface area contributed by atoms with Gasteiger partial charge in [-0.1, -0.05) is 6.07 Å². The van der Waals surface area contributed by atoms with E-state index in [2.05, 4.69) is 15.5 Å². The van der Waals surface area contributed by atoms with Crippen LogP contribution in [0.5, 0.6) is 11.5 Å². The number of aromatic amines is 2. The molecule has 3 aromatic carbocycles. The summed E-state index contributed by atoms with van der Waals surface area (Å²) in [6, 6.07) is 12.1. The Labute approximate surface area is 276 Å². The fourth-order valence-electron chi connectivity index (χ4n) is 5.90. The third-order valence-corrected chi connectivity index (χ3v) is 10.8. The van der Waals surface area contributed by atoms with Gasteiger partial charge in [0.1, 0.15) is 6.04 Å². The Morgan fingerprint density at radius 1 is 0.958 bits per heavy atom. The topological polar surface area (TPSA) is 191 Å². The van der Waals surface area contributed by atoms with Gasteiger partial charge in [-0.15, -0.1) is 0 Å². The van der Waals surface area contributed by atoms with Crippen molar-refractivity contribution in [3.63, 3.8) is 0 Å². The van der Waals surface area contributed by atoms with E-state index in [9.17, 15) is 32.7 Å². The van der Waals surface area contributed by atoms with Crippen molar-refractivity contribution >= 4 is 44.0 Å². The van der Waals surface area contributed by atoms with Crippen LogP contribution in [0.15, 0.2) is 69.1 Å². The molecule has 15 heteroatoms. The van der Waals surface area contributed by atoms with Gasteiger partial charge < -0.3 is 24.8 Å². The molecular formula is C33H37N5O9S. The van der Waals surface area contributed by atoms with Gasteiger partial charge in [0.15, 0.2) is 21.3 Å². The molecule has 1 aliphatic heterocycles. The summed E-state index contributed by atoms with van der Waals surface area (Å²) >= 11 is 0. The number of ether oxygens (including phenoxy) is 2. The maximum atomic E-state index is 14.7. The molecule has 1 aromatic heterocycles. The maximum Gasteiger partial charge on any atom is 0.411 e. The monoisotopic (exact) mass is 679 g/mol. The summed E-state index contributed by atoms with van der Waals surface area (Å²) in [6.07, 6.45) is -0.239. The number of carbonyl (C=O) groups excluding carboxylic acids is 1. The van der Waals surface area contributed by atoms with E-state index in [0.29, 0.717) is 47.7 Å². The first-order valence-electron chi connectivity index (χ1n) is 15.2. The van der Waals surface area contributed by atoms with Crippen LogP contribution in [0, 0.1) is 0 Å². The third kappa shape index (κ3) is 6.32. The number of nitrogens with zero attached hydrogens (tertiary/aromatic N) is 2. The highest BCUT2D eigenvalue weighted by Crippen LogP contribution is 2.41. The number of likely N-dealkylation sites (tertiary alicyclic amines) is 1. The average Bonchev–Trinajstić information content (AvgIpc) is 3.57. The number of carbonyl (C=O) groups is 2. The first-order chi connectivity index (χ1) is 22.8. The molecule has 1 saturated heterocycles. The molecule has 0 radical (unpaired) electrons. The molecule has 0 saturated carbocycles.